The van der Waals surface area contributed by atoms with Crippen LogP contribution < -0.4 is 0 Å². The lowest BCUT2D eigenvalue weighted by molar-refractivity contribution is 0.0280. The molecule has 0 N–H and O–H groups in total. The van der Waals surface area contributed by atoms with Crippen molar-refractivity contribution >= 4 is 0 Å². The molecule has 4 unspecified atom stereocenters. The maximum absolute atomic E-state index is 2.53. The summed E-state index contributed by atoms with van der Waals surface area (Å²) in [5.74, 6) is 2.75. The summed E-state index contributed by atoms with van der Waals surface area (Å²) in [5.41, 5.74) is 4.04. The van der Waals surface area contributed by atoms with E-state index in [1.807, 2.05) is 0 Å². The van der Waals surface area contributed by atoms with E-state index in [-0.39, 0.29) is 0 Å². The minimum Gasteiger partial charge on any atom is -0.0837 e. The lowest BCUT2D eigenvalue weighted by atomic mass is 9.58. The second kappa shape index (κ2) is 2.53. The van der Waals surface area contributed by atoms with Gasteiger partial charge in [0.1, 0.15) is 0 Å². The highest BCUT2D eigenvalue weighted by Crippen LogP contribution is 2.66. The Morgan fingerprint density at radius 1 is 1.43 bits per heavy atom. The lowest BCUT2D eigenvalue weighted by Crippen LogP contribution is -2.39. The normalized spacial score (nSPS) is 50.1. The quantitative estimate of drug-likeness (QED) is 0.540. The number of hydrogen-bond acceptors (Lipinski definition) is 0. The van der Waals surface area contributed by atoms with Crippen LogP contribution in [0.25, 0.3) is 0 Å². The highest BCUT2D eigenvalue weighted by Gasteiger charge is 2.58. The van der Waals surface area contributed by atoms with Gasteiger partial charge in [0.25, 0.3) is 0 Å². The molecule has 0 bridgehead atoms. The Morgan fingerprint density at radius 2 is 2.21 bits per heavy atom. The molecular weight excluding hydrogens is 168 g/mol. The average Bonchev–Trinajstić information content (AvgIpc) is 2.26. The second-order valence-corrected chi connectivity index (χ2v) is 5.77. The van der Waals surface area contributed by atoms with E-state index in [0.717, 1.165) is 17.8 Å². The molecule has 0 amide bonds. The predicted octanol–water partition coefficient (Wildman–Crippen LogP) is 3.95. The molecule has 0 heteroatoms. The largest absolute Gasteiger partial charge is 0.0837 e. The first-order chi connectivity index (χ1) is 6.64. The third kappa shape index (κ3) is 0.809. The molecule has 4 atom stereocenters. The molecule has 3 rings (SSSR count). The maximum Gasteiger partial charge on any atom is -0.0103 e. The molecule has 0 saturated heterocycles. The van der Waals surface area contributed by atoms with Crippen LogP contribution in [-0.4, -0.2) is 0 Å². The molecular formula is C14H20. The van der Waals surface area contributed by atoms with Crippen molar-refractivity contribution in [2.24, 2.45) is 23.2 Å². The molecule has 0 radical (unpaired) electrons. The molecule has 0 aromatic heterocycles. The number of allylic oxidation sites excluding steroid dienone is 4. The zero-order valence-corrected chi connectivity index (χ0v) is 9.51. The van der Waals surface area contributed by atoms with Gasteiger partial charge in [-0.1, -0.05) is 37.1 Å². The predicted molar refractivity (Wildman–Crippen MR) is 59.9 cm³/mol. The van der Waals surface area contributed by atoms with Gasteiger partial charge >= 0.3 is 0 Å². The van der Waals surface area contributed by atoms with Gasteiger partial charge in [0.15, 0.2) is 0 Å². The van der Waals surface area contributed by atoms with E-state index in [1.165, 1.54) is 19.3 Å². The second-order valence-electron chi connectivity index (χ2n) is 5.77. The molecule has 14 heavy (non-hydrogen) atoms. The van der Waals surface area contributed by atoms with Gasteiger partial charge in [0.05, 0.1) is 0 Å². The van der Waals surface area contributed by atoms with Gasteiger partial charge in [0, 0.05) is 0 Å². The van der Waals surface area contributed by atoms with E-state index < -0.39 is 0 Å². The van der Waals surface area contributed by atoms with Gasteiger partial charge in [-0.2, -0.15) is 0 Å². The van der Waals surface area contributed by atoms with Crippen molar-refractivity contribution in [2.45, 2.75) is 40.0 Å². The molecule has 0 aromatic carbocycles. The fraction of sp³-hybridized carbons (Fsp3) is 0.714. The zero-order valence-electron chi connectivity index (χ0n) is 9.51. The summed E-state index contributed by atoms with van der Waals surface area (Å²) < 4.78 is 0. The van der Waals surface area contributed by atoms with E-state index in [9.17, 15) is 0 Å². The summed E-state index contributed by atoms with van der Waals surface area (Å²) in [6, 6.07) is 0. The monoisotopic (exact) mass is 188 g/mol. The number of rotatable bonds is 0. The Bertz CT molecular complexity index is 334. The summed E-state index contributed by atoms with van der Waals surface area (Å²) >= 11 is 0. The van der Waals surface area contributed by atoms with Gasteiger partial charge in [-0.25, -0.2) is 0 Å². The summed E-state index contributed by atoms with van der Waals surface area (Å²) in [4.78, 5) is 0. The Balaban J connectivity index is 2.10. The average molecular weight is 188 g/mol. The number of fused-ring (bicyclic) bond motifs is 3. The topological polar surface area (TPSA) is 0 Å². The minimum absolute atomic E-state index is 0.667. The van der Waals surface area contributed by atoms with E-state index >= 15 is 0 Å². The van der Waals surface area contributed by atoms with Crippen LogP contribution in [0.1, 0.15) is 40.0 Å². The fourth-order valence-electron chi connectivity index (χ4n) is 4.42. The molecule has 2 saturated carbocycles. The Kier molecular flexibility index (Phi) is 1.59. The summed E-state index contributed by atoms with van der Waals surface area (Å²) in [6.45, 7) is 7.30. The SMILES string of the molecule is CC1=C2C(C)C3CCC3(C)C2CC=C1. The summed E-state index contributed by atoms with van der Waals surface area (Å²) in [6.07, 6.45) is 8.99. The molecule has 3 aliphatic carbocycles. The Morgan fingerprint density at radius 3 is 2.86 bits per heavy atom. The third-order valence-corrected chi connectivity index (χ3v) is 5.30. The number of hydrogen-bond donors (Lipinski definition) is 0. The molecule has 0 heterocycles. The van der Waals surface area contributed by atoms with E-state index in [4.69, 9.17) is 0 Å². The van der Waals surface area contributed by atoms with Crippen molar-refractivity contribution < 1.29 is 0 Å². The summed E-state index contributed by atoms with van der Waals surface area (Å²) in [5, 5.41) is 0. The fourth-order valence-corrected chi connectivity index (χ4v) is 4.42. The first kappa shape index (κ1) is 8.76. The van der Waals surface area contributed by atoms with Crippen molar-refractivity contribution in [3.8, 4) is 0 Å². The van der Waals surface area contributed by atoms with Crippen molar-refractivity contribution in [1.82, 2.24) is 0 Å². The Labute approximate surface area is 87.1 Å². The van der Waals surface area contributed by atoms with Crippen molar-refractivity contribution in [3.63, 3.8) is 0 Å². The van der Waals surface area contributed by atoms with Gasteiger partial charge in [-0.05, 0) is 49.4 Å². The van der Waals surface area contributed by atoms with Gasteiger partial charge in [-0.15, -0.1) is 0 Å². The van der Waals surface area contributed by atoms with Crippen LogP contribution in [0, 0.1) is 23.2 Å². The van der Waals surface area contributed by atoms with Gasteiger partial charge in [-0.3, -0.25) is 0 Å². The van der Waals surface area contributed by atoms with Crippen molar-refractivity contribution in [2.75, 3.05) is 0 Å². The first-order valence-electron chi connectivity index (χ1n) is 6.02. The molecule has 2 fully saturated rings. The van der Waals surface area contributed by atoms with Gasteiger partial charge in [0.2, 0.25) is 0 Å². The van der Waals surface area contributed by atoms with Crippen molar-refractivity contribution in [1.29, 1.82) is 0 Å². The molecule has 0 spiro atoms. The first-order valence-corrected chi connectivity index (χ1v) is 6.02. The van der Waals surface area contributed by atoms with Crippen LogP contribution in [0.5, 0.6) is 0 Å². The molecule has 0 aromatic rings. The van der Waals surface area contributed by atoms with E-state index in [0.29, 0.717) is 5.41 Å². The van der Waals surface area contributed by atoms with Crippen LogP contribution >= 0.6 is 0 Å². The van der Waals surface area contributed by atoms with Crippen LogP contribution in [0.3, 0.4) is 0 Å². The maximum atomic E-state index is 2.53. The van der Waals surface area contributed by atoms with Crippen LogP contribution in [0.15, 0.2) is 23.3 Å². The van der Waals surface area contributed by atoms with Crippen LogP contribution in [-0.2, 0) is 0 Å². The Hall–Kier alpha value is -0.520. The lowest BCUT2D eigenvalue weighted by Gasteiger charge is -2.47. The van der Waals surface area contributed by atoms with Crippen LogP contribution in [0.2, 0.25) is 0 Å². The molecule has 0 aliphatic heterocycles. The molecule has 3 aliphatic rings. The highest BCUT2D eigenvalue weighted by molar-refractivity contribution is 5.38. The van der Waals surface area contributed by atoms with E-state index in [1.54, 1.807) is 11.1 Å². The zero-order chi connectivity index (χ0) is 9.92. The minimum atomic E-state index is 0.667. The molecule has 76 valence electrons. The van der Waals surface area contributed by atoms with Gasteiger partial charge < -0.3 is 0 Å². The smallest absolute Gasteiger partial charge is 0.0103 e. The van der Waals surface area contributed by atoms with E-state index in [2.05, 4.69) is 32.9 Å². The summed E-state index contributed by atoms with van der Waals surface area (Å²) in [7, 11) is 0. The third-order valence-electron chi connectivity index (χ3n) is 5.30. The van der Waals surface area contributed by atoms with Crippen molar-refractivity contribution in [3.05, 3.63) is 23.3 Å². The highest BCUT2D eigenvalue weighted by atomic mass is 14.6. The molecule has 0 nitrogen and oxygen atoms in total. The van der Waals surface area contributed by atoms with Crippen LogP contribution in [0.4, 0.5) is 0 Å². The standard InChI is InChI=1S/C14H20/c1-9-5-4-6-12-13(9)10(2)11-7-8-14(11,12)3/h4-5,10-12H,6-8H2,1-3H3.